The molecule has 0 aliphatic heterocycles. The van der Waals surface area contributed by atoms with Crippen LogP contribution in [0.25, 0.3) is 0 Å². The first kappa shape index (κ1) is 12.0. The third-order valence-corrected chi connectivity index (χ3v) is 1.45. The molecule has 0 heteroatoms. The molecule has 0 bridgehead atoms. The minimum absolute atomic E-state index is 1.03. The molecule has 0 spiro atoms. The molecule has 0 saturated carbocycles. The van der Waals surface area contributed by atoms with E-state index in [-0.39, 0.29) is 0 Å². The summed E-state index contributed by atoms with van der Waals surface area (Å²) >= 11 is 0. The molecule has 0 aliphatic carbocycles. The van der Waals surface area contributed by atoms with Crippen molar-refractivity contribution in [1.82, 2.24) is 0 Å². The molecule has 0 amide bonds. The first-order valence-corrected chi connectivity index (χ1v) is 4.73. The second-order valence-electron chi connectivity index (χ2n) is 3.57. The van der Waals surface area contributed by atoms with E-state index in [1.165, 1.54) is 11.1 Å². The van der Waals surface area contributed by atoms with Gasteiger partial charge in [0.15, 0.2) is 0 Å². The molecule has 0 aromatic carbocycles. The number of hydrogen-bond acceptors (Lipinski definition) is 0. The molecular formula is C13H20. The highest BCUT2D eigenvalue weighted by atomic mass is 13.8. The van der Waals surface area contributed by atoms with Gasteiger partial charge in [-0.2, -0.15) is 0 Å². The molecule has 0 nitrogen and oxygen atoms in total. The van der Waals surface area contributed by atoms with Gasteiger partial charge in [-0.05, 0) is 34.1 Å². The molecule has 0 aromatic heterocycles. The van der Waals surface area contributed by atoms with Crippen LogP contribution in [0.4, 0.5) is 0 Å². The molecule has 0 fully saturated rings. The lowest BCUT2D eigenvalue weighted by atomic mass is 10.2. The molecule has 0 unspecified atom stereocenters. The van der Waals surface area contributed by atoms with Crippen LogP contribution in [0.2, 0.25) is 0 Å². The Hall–Kier alpha value is -1.04. The van der Waals surface area contributed by atoms with E-state index in [0.717, 1.165) is 6.42 Å². The van der Waals surface area contributed by atoms with Gasteiger partial charge in [-0.3, -0.25) is 0 Å². The largest absolute Gasteiger partial charge is 0.0821 e. The summed E-state index contributed by atoms with van der Waals surface area (Å²) in [5.74, 6) is 0. The Morgan fingerprint density at radius 3 is 2.08 bits per heavy atom. The van der Waals surface area contributed by atoms with Crippen molar-refractivity contribution in [3.05, 3.63) is 47.6 Å². The second kappa shape index (κ2) is 7.60. The summed E-state index contributed by atoms with van der Waals surface area (Å²) in [6.07, 6.45) is 13.7. The Balaban J connectivity index is 3.70. The zero-order valence-corrected chi connectivity index (χ0v) is 9.17. The Morgan fingerprint density at radius 2 is 1.54 bits per heavy atom. The van der Waals surface area contributed by atoms with Gasteiger partial charge in [0.2, 0.25) is 0 Å². The molecule has 0 saturated heterocycles. The lowest BCUT2D eigenvalue weighted by Gasteiger charge is -1.84. The van der Waals surface area contributed by atoms with Gasteiger partial charge < -0.3 is 0 Å². The van der Waals surface area contributed by atoms with E-state index in [9.17, 15) is 0 Å². The highest BCUT2D eigenvalue weighted by molar-refractivity contribution is 5.14. The fourth-order valence-electron chi connectivity index (χ4n) is 0.773. The Morgan fingerprint density at radius 1 is 0.846 bits per heavy atom. The monoisotopic (exact) mass is 176 g/mol. The van der Waals surface area contributed by atoms with Crippen LogP contribution in [-0.4, -0.2) is 0 Å². The van der Waals surface area contributed by atoms with Crippen molar-refractivity contribution in [3.63, 3.8) is 0 Å². The van der Waals surface area contributed by atoms with E-state index in [1.54, 1.807) is 0 Å². The van der Waals surface area contributed by atoms with Crippen LogP contribution in [0, 0.1) is 0 Å². The molecule has 0 radical (unpaired) electrons. The average Bonchev–Trinajstić information content (AvgIpc) is 2.01. The second-order valence-corrected chi connectivity index (χ2v) is 3.57. The molecule has 0 atom stereocenters. The van der Waals surface area contributed by atoms with Gasteiger partial charge in [0, 0.05) is 0 Å². The molecule has 0 aliphatic rings. The van der Waals surface area contributed by atoms with E-state index in [1.807, 2.05) is 0 Å². The van der Waals surface area contributed by atoms with E-state index < -0.39 is 0 Å². The SMILES string of the molecule is CC(C)=C/C=C/C=C/CC=C(C)C. The third-order valence-electron chi connectivity index (χ3n) is 1.45. The van der Waals surface area contributed by atoms with Gasteiger partial charge in [0.25, 0.3) is 0 Å². The van der Waals surface area contributed by atoms with Gasteiger partial charge in [0.05, 0.1) is 0 Å². The van der Waals surface area contributed by atoms with Crippen LogP contribution in [0.15, 0.2) is 47.6 Å². The summed E-state index contributed by atoms with van der Waals surface area (Å²) in [6.45, 7) is 8.42. The number of hydrogen-bond donors (Lipinski definition) is 0. The summed E-state index contributed by atoms with van der Waals surface area (Å²) in [4.78, 5) is 0. The fourth-order valence-corrected chi connectivity index (χ4v) is 0.773. The normalized spacial score (nSPS) is 10.8. The molecule has 13 heavy (non-hydrogen) atoms. The molecule has 72 valence electrons. The highest BCUT2D eigenvalue weighted by Gasteiger charge is 1.73. The number of rotatable bonds is 4. The molecule has 0 rings (SSSR count). The maximum Gasteiger partial charge on any atom is -0.0164 e. The average molecular weight is 176 g/mol. The lowest BCUT2D eigenvalue weighted by Crippen LogP contribution is -1.63. The van der Waals surface area contributed by atoms with Crippen LogP contribution in [0.3, 0.4) is 0 Å². The van der Waals surface area contributed by atoms with Gasteiger partial charge in [-0.1, -0.05) is 47.6 Å². The van der Waals surface area contributed by atoms with Crippen molar-refractivity contribution in [2.24, 2.45) is 0 Å². The number of allylic oxidation sites excluding steroid dienone is 8. The fraction of sp³-hybridized carbons (Fsp3) is 0.385. The zero-order valence-electron chi connectivity index (χ0n) is 9.17. The van der Waals surface area contributed by atoms with E-state index >= 15 is 0 Å². The van der Waals surface area contributed by atoms with Crippen molar-refractivity contribution in [2.45, 2.75) is 34.1 Å². The maximum absolute atomic E-state index is 2.21. The Labute approximate surface area is 82.4 Å². The van der Waals surface area contributed by atoms with Crippen LogP contribution in [-0.2, 0) is 0 Å². The van der Waals surface area contributed by atoms with E-state index in [2.05, 4.69) is 64.2 Å². The van der Waals surface area contributed by atoms with E-state index in [4.69, 9.17) is 0 Å². The summed E-state index contributed by atoms with van der Waals surface area (Å²) < 4.78 is 0. The third kappa shape index (κ3) is 11.0. The van der Waals surface area contributed by atoms with E-state index in [0.29, 0.717) is 0 Å². The minimum atomic E-state index is 1.03. The zero-order chi connectivity index (χ0) is 10.1. The van der Waals surface area contributed by atoms with Gasteiger partial charge >= 0.3 is 0 Å². The molecular weight excluding hydrogens is 156 g/mol. The summed E-state index contributed by atoms with van der Waals surface area (Å²) in [5.41, 5.74) is 2.70. The summed E-state index contributed by atoms with van der Waals surface area (Å²) in [7, 11) is 0. The van der Waals surface area contributed by atoms with Crippen molar-refractivity contribution in [2.75, 3.05) is 0 Å². The first-order valence-electron chi connectivity index (χ1n) is 4.73. The predicted octanol–water partition coefficient (Wildman–Crippen LogP) is 4.42. The summed E-state index contributed by atoms with van der Waals surface area (Å²) in [6, 6.07) is 0. The van der Waals surface area contributed by atoms with Crippen molar-refractivity contribution >= 4 is 0 Å². The Bertz CT molecular complexity index is 229. The lowest BCUT2D eigenvalue weighted by molar-refractivity contribution is 1.28. The van der Waals surface area contributed by atoms with Crippen molar-refractivity contribution < 1.29 is 0 Å². The molecule has 0 N–H and O–H groups in total. The van der Waals surface area contributed by atoms with Crippen LogP contribution in [0.1, 0.15) is 34.1 Å². The maximum atomic E-state index is 2.21. The minimum Gasteiger partial charge on any atom is -0.0821 e. The predicted molar refractivity (Wildman–Crippen MR) is 61.8 cm³/mol. The standard InChI is InChI=1S/C13H20/c1-12(2)10-8-6-5-7-9-11-13(3)4/h5-8,10-11H,9H2,1-4H3/b7-5+,8-6+. The highest BCUT2D eigenvalue weighted by Crippen LogP contribution is 1.94. The molecule has 0 aromatic rings. The first-order chi connectivity index (χ1) is 6.13. The van der Waals surface area contributed by atoms with Crippen LogP contribution < -0.4 is 0 Å². The van der Waals surface area contributed by atoms with Crippen LogP contribution >= 0.6 is 0 Å². The smallest absolute Gasteiger partial charge is 0.0164 e. The quantitative estimate of drug-likeness (QED) is 0.439. The Kier molecular flexibility index (Phi) is 6.99. The summed E-state index contributed by atoms with van der Waals surface area (Å²) in [5, 5.41) is 0. The van der Waals surface area contributed by atoms with Gasteiger partial charge in [-0.25, -0.2) is 0 Å². The molecule has 0 heterocycles. The van der Waals surface area contributed by atoms with Crippen LogP contribution in [0.5, 0.6) is 0 Å². The van der Waals surface area contributed by atoms with Crippen molar-refractivity contribution in [1.29, 1.82) is 0 Å². The topological polar surface area (TPSA) is 0 Å². The van der Waals surface area contributed by atoms with Gasteiger partial charge in [-0.15, -0.1) is 0 Å². The van der Waals surface area contributed by atoms with Gasteiger partial charge in [0.1, 0.15) is 0 Å². The van der Waals surface area contributed by atoms with Crippen molar-refractivity contribution in [3.8, 4) is 0 Å².